The van der Waals surface area contributed by atoms with Crippen molar-refractivity contribution in [2.45, 2.75) is 18.9 Å². The lowest BCUT2D eigenvalue weighted by atomic mass is 10.2. The Morgan fingerprint density at radius 3 is 2.79 bits per heavy atom. The van der Waals surface area contributed by atoms with Crippen molar-refractivity contribution < 1.29 is 19.8 Å². The molecule has 19 heavy (non-hydrogen) atoms. The average molecular weight is 271 g/mol. The SMILES string of the molecule is Cn1cnc(CCNC(=O)N[C@@H](CCO)C(=O)O)n1. The van der Waals surface area contributed by atoms with Gasteiger partial charge in [-0.15, -0.1) is 0 Å². The van der Waals surface area contributed by atoms with Crippen LogP contribution in [0.3, 0.4) is 0 Å². The van der Waals surface area contributed by atoms with E-state index in [0.29, 0.717) is 18.8 Å². The highest BCUT2D eigenvalue weighted by molar-refractivity contribution is 5.82. The van der Waals surface area contributed by atoms with Crippen LogP contribution in [0.5, 0.6) is 0 Å². The van der Waals surface area contributed by atoms with E-state index in [4.69, 9.17) is 10.2 Å². The molecule has 1 rings (SSSR count). The first-order valence-corrected chi connectivity index (χ1v) is 5.75. The molecule has 0 saturated carbocycles. The molecule has 1 aromatic rings. The molecule has 1 heterocycles. The number of aliphatic hydroxyl groups is 1. The van der Waals surface area contributed by atoms with Gasteiger partial charge in [-0.2, -0.15) is 5.10 Å². The minimum atomic E-state index is -1.18. The van der Waals surface area contributed by atoms with Gasteiger partial charge in [0, 0.05) is 33.0 Å². The lowest BCUT2D eigenvalue weighted by Crippen LogP contribution is -2.46. The Hall–Kier alpha value is -2.16. The van der Waals surface area contributed by atoms with Crippen molar-refractivity contribution in [1.82, 2.24) is 25.4 Å². The Labute approximate surface area is 109 Å². The normalized spacial score (nSPS) is 11.9. The molecule has 0 unspecified atom stereocenters. The summed E-state index contributed by atoms with van der Waals surface area (Å²) in [6, 6.07) is -1.70. The second-order valence-corrected chi connectivity index (χ2v) is 3.89. The maximum Gasteiger partial charge on any atom is 0.326 e. The summed E-state index contributed by atoms with van der Waals surface area (Å²) >= 11 is 0. The van der Waals surface area contributed by atoms with Crippen LogP contribution < -0.4 is 10.6 Å². The molecule has 0 spiro atoms. The maximum atomic E-state index is 11.4. The number of urea groups is 1. The van der Waals surface area contributed by atoms with E-state index in [2.05, 4.69) is 20.7 Å². The fourth-order valence-corrected chi connectivity index (χ4v) is 1.38. The molecule has 106 valence electrons. The predicted molar refractivity (Wildman–Crippen MR) is 64.4 cm³/mol. The number of aromatic nitrogens is 3. The third kappa shape index (κ3) is 5.34. The van der Waals surface area contributed by atoms with Gasteiger partial charge in [0.05, 0.1) is 0 Å². The van der Waals surface area contributed by atoms with Crippen molar-refractivity contribution in [2.75, 3.05) is 13.2 Å². The Bertz CT molecular complexity index is 433. The van der Waals surface area contributed by atoms with Crippen molar-refractivity contribution in [2.24, 2.45) is 7.05 Å². The number of aliphatic hydroxyl groups excluding tert-OH is 1. The van der Waals surface area contributed by atoms with E-state index >= 15 is 0 Å². The van der Waals surface area contributed by atoms with Crippen LogP contribution in [0.1, 0.15) is 12.2 Å². The Kier molecular flexibility index (Phi) is 5.73. The van der Waals surface area contributed by atoms with Crippen molar-refractivity contribution in [3.63, 3.8) is 0 Å². The highest BCUT2D eigenvalue weighted by Gasteiger charge is 2.18. The molecule has 0 aliphatic rings. The average Bonchev–Trinajstić information content (AvgIpc) is 2.74. The van der Waals surface area contributed by atoms with E-state index < -0.39 is 18.0 Å². The standard InChI is InChI=1S/C10H17N5O4/c1-15-6-12-8(14-15)2-4-11-10(19)13-7(3-5-16)9(17)18/h6-7,16H,2-5H2,1H3,(H,17,18)(H2,11,13,19)/t7-/m0/s1. The molecule has 0 fully saturated rings. The molecular weight excluding hydrogens is 254 g/mol. The fraction of sp³-hybridized carbons (Fsp3) is 0.600. The zero-order valence-electron chi connectivity index (χ0n) is 10.5. The molecule has 4 N–H and O–H groups in total. The summed E-state index contributed by atoms with van der Waals surface area (Å²) < 4.78 is 1.55. The molecule has 9 nitrogen and oxygen atoms in total. The molecule has 0 radical (unpaired) electrons. The van der Waals surface area contributed by atoms with Gasteiger partial charge < -0.3 is 20.8 Å². The monoisotopic (exact) mass is 271 g/mol. The van der Waals surface area contributed by atoms with Gasteiger partial charge in [0.25, 0.3) is 0 Å². The van der Waals surface area contributed by atoms with Crippen LogP contribution in [-0.2, 0) is 18.3 Å². The molecule has 9 heteroatoms. The van der Waals surface area contributed by atoms with Crippen LogP contribution in [0.15, 0.2) is 6.33 Å². The van der Waals surface area contributed by atoms with E-state index in [1.807, 2.05) is 0 Å². The summed E-state index contributed by atoms with van der Waals surface area (Å²) in [6.07, 6.45) is 1.97. The zero-order chi connectivity index (χ0) is 14.3. The number of rotatable bonds is 7. The zero-order valence-corrected chi connectivity index (χ0v) is 10.5. The summed E-state index contributed by atoms with van der Waals surface area (Å²) in [7, 11) is 1.74. The molecule has 0 saturated heterocycles. The highest BCUT2D eigenvalue weighted by Crippen LogP contribution is 1.92. The van der Waals surface area contributed by atoms with Gasteiger partial charge in [-0.05, 0) is 0 Å². The first-order chi connectivity index (χ1) is 9.02. The fourth-order valence-electron chi connectivity index (χ4n) is 1.38. The molecule has 0 aliphatic carbocycles. The summed E-state index contributed by atoms with van der Waals surface area (Å²) in [4.78, 5) is 26.1. The third-order valence-electron chi connectivity index (χ3n) is 2.30. The predicted octanol–water partition coefficient (Wildman–Crippen LogP) is -1.51. The largest absolute Gasteiger partial charge is 0.480 e. The second kappa shape index (κ2) is 7.31. The van der Waals surface area contributed by atoms with Gasteiger partial charge >= 0.3 is 12.0 Å². The number of nitrogens with zero attached hydrogens (tertiary/aromatic N) is 3. The molecule has 0 bridgehead atoms. The third-order valence-corrected chi connectivity index (χ3v) is 2.30. The highest BCUT2D eigenvalue weighted by atomic mass is 16.4. The Morgan fingerprint density at radius 2 is 2.26 bits per heavy atom. The van der Waals surface area contributed by atoms with Gasteiger partial charge in [0.15, 0.2) is 5.82 Å². The van der Waals surface area contributed by atoms with Gasteiger partial charge in [-0.1, -0.05) is 0 Å². The number of amides is 2. The van der Waals surface area contributed by atoms with Crippen LogP contribution in [-0.4, -0.2) is 56.2 Å². The van der Waals surface area contributed by atoms with E-state index in [1.165, 1.54) is 0 Å². The summed E-state index contributed by atoms with van der Waals surface area (Å²) in [6.45, 7) is -0.0174. The van der Waals surface area contributed by atoms with Gasteiger partial charge in [0.2, 0.25) is 0 Å². The van der Waals surface area contributed by atoms with E-state index in [-0.39, 0.29) is 13.0 Å². The molecule has 2 amide bonds. The quantitative estimate of drug-likeness (QED) is 0.477. The topological polar surface area (TPSA) is 129 Å². The van der Waals surface area contributed by atoms with Crippen LogP contribution in [0, 0.1) is 0 Å². The number of aliphatic carboxylic acids is 1. The van der Waals surface area contributed by atoms with E-state index in [0.717, 1.165) is 0 Å². The molecule has 1 atom stereocenters. The number of aryl methyl sites for hydroxylation is 1. The van der Waals surface area contributed by atoms with Gasteiger partial charge in [0.1, 0.15) is 12.4 Å². The number of carboxylic acids is 1. The number of carbonyl (C=O) groups is 2. The van der Waals surface area contributed by atoms with Crippen molar-refractivity contribution in [1.29, 1.82) is 0 Å². The van der Waals surface area contributed by atoms with Gasteiger partial charge in [-0.3, -0.25) is 4.68 Å². The summed E-state index contributed by atoms with van der Waals surface area (Å²) in [5, 5.41) is 26.2. The molecule has 0 aromatic carbocycles. The molecule has 1 aromatic heterocycles. The van der Waals surface area contributed by atoms with E-state index in [1.54, 1.807) is 18.1 Å². The van der Waals surface area contributed by atoms with Gasteiger partial charge in [-0.25, -0.2) is 14.6 Å². The number of carboxylic acid groups (broad SMARTS) is 1. The maximum absolute atomic E-state index is 11.4. The minimum Gasteiger partial charge on any atom is -0.480 e. The summed E-state index contributed by atoms with van der Waals surface area (Å²) in [5.41, 5.74) is 0. The van der Waals surface area contributed by atoms with Crippen LogP contribution in [0.2, 0.25) is 0 Å². The van der Waals surface area contributed by atoms with Crippen LogP contribution in [0.25, 0.3) is 0 Å². The van der Waals surface area contributed by atoms with Crippen LogP contribution in [0.4, 0.5) is 4.79 Å². The second-order valence-electron chi connectivity index (χ2n) is 3.89. The molecular formula is C10H17N5O4. The Balaban J connectivity index is 2.28. The van der Waals surface area contributed by atoms with Crippen molar-refractivity contribution >= 4 is 12.0 Å². The number of hydrogen-bond acceptors (Lipinski definition) is 5. The lowest BCUT2D eigenvalue weighted by molar-refractivity contribution is -0.139. The van der Waals surface area contributed by atoms with Crippen LogP contribution >= 0.6 is 0 Å². The summed E-state index contributed by atoms with van der Waals surface area (Å²) in [5.74, 6) is -0.594. The van der Waals surface area contributed by atoms with E-state index in [9.17, 15) is 9.59 Å². The number of nitrogens with one attached hydrogen (secondary N) is 2. The number of hydrogen-bond donors (Lipinski definition) is 4. The molecule has 0 aliphatic heterocycles. The van der Waals surface area contributed by atoms with Crippen molar-refractivity contribution in [3.8, 4) is 0 Å². The first-order valence-electron chi connectivity index (χ1n) is 5.75. The van der Waals surface area contributed by atoms with Crippen molar-refractivity contribution in [3.05, 3.63) is 12.2 Å². The lowest BCUT2D eigenvalue weighted by Gasteiger charge is -2.13. The minimum absolute atomic E-state index is 0.0372. The smallest absolute Gasteiger partial charge is 0.326 e. The number of carbonyl (C=O) groups excluding carboxylic acids is 1. The first kappa shape index (κ1) is 14.9. The Morgan fingerprint density at radius 1 is 1.53 bits per heavy atom.